The second-order valence-corrected chi connectivity index (χ2v) is 4.19. The molecule has 1 unspecified atom stereocenters. The first-order valence-electron chi connectivity index (χ1n) is 4.98. The van der Waals surface area contributed by atoms with Crippen molar-refractivity contribution in [1.29, 1.82) is 0 Å². The lowest BCUT2D eigenvalue weighted by molar-refractivity contribution is -0.139. The number of aliphatic carboxylic acids is 1. The van der Waals surface area contributed by atoms with Crippen molar-refractivity contribution in [3.8, 4) is 0 Å². The molecule has 0 aliphatic heterocycles. The molecular weight excluding hydrogens is 279 g/mol. The smallest absolute Gasteiger partial charge is 0.325 e. The zero-order valence-corrected chi connectivity index (χ0v) is 10.7. The van der Waals surface area contributed by atoms with Crippen LogP contribution in [0.15, 0.2) is 23.3 Å². The van der Waals surface area contributed by atoms with Gasteiger partial charge in [0, 0.05) is 28.0 Å². The summed E-state index contributed by atoms with van der Waals surface area (Å²) in [7, 11) is 0. The Kier molecular flexibility index (Phi) is 5.74. The number of benzene rings is 1. The highest BCUT2D eigenvalue weighted by Gasteiger charge is 2.21. The Morgan fingerprint density at radius 2 is 2.28 bits per heavy atom. The van der Waals surface area contributed by atoms with Gasteiger partial charge in [-0.25, -0.2) is 0 Å². The van der Waals surface area contributed by atoms with Crippen molar-refractivity contribution in [2.75, 3.05) is 13.1 Å². The number of azide groups is 1. The largest absolute Gasteiger partial charge is 0.480 e. The van der Waals surface area contributed by atoms with Gasteiger partial charge < -0.3 is 10.4 Å². The molecule has 0 saturated carbocycles. The fourth-order valence-corrected chi connectivity index (χ4v) is 1.89. The van der Waals surface area contributed by atoms with Crippen LogP contribution in [-0.4, -0.2) is 24.2 Å². The second-order valence-electron chi connectivity index (χ2n) is 3.35. The molecule has 0 aliphatic rings. The molecule has 1 aromatic rings. The van der Waals surface area contributed by atoms with E-state index in [0.717, 1.165) is 0 Å². The summed E-state index contributed by atoms with van der Waals surface area (Å²) in [5.74, 6) is -1.07. The average Bonchev–Trinajstić information content (AvgIpc) is 2.30. The van der Waals surface area contributed by atoms with Gasteiger partial charge in [0.1, 0.15) is 6.04 Å². The molecule has 1 aromatic carbocycles. The van der Waals surface area contributed by atoms with E-state index >= 15 is 0 Å². The third-order valence-corrected chi connectivity index (χ3v) is 2.71. The van der Waals surface area contributed by atoms with Crippen molar-refractivity contribution < 1.29 is 9.90 Å². The van der Waals surface area contributed by atoms with E-state index in [1.54, 1.807) is 12.1 Å². The van der Waals surface area contributed by atoms with E-state index in [-0.39, 0.29) is 18.1 Å². The summed E-state index contributed by atoms with van der Waals surface area (Å²) in [6.45, 7) is 0.394. The lowest BCUT2D eigenvalue weighted by atomic mass is 10.1. The van der Waals surface area contributed by atoms with Crippen LogP contribution in [-0.2, 0) is 4.79 Å². The Labute approximate surface area is 113 Å². The van der Waals surface area contributed by atoms with E-state index in [4.69, 9.17) is 33.8 Å². The van der Waals surface area contributed by atoms with Crippen LogP contribution in [0.1, 0.15) is 11.6 Å². The van der Waals surface area contributed by atoms with Crippen LogP contribution in [0.3, 0.4) is 0 Å². The van der Waals surface area contributed by atoms with Crippen molar-refractivity contribution in [2.24, 2.45) is 5.11 Å². The van der Waals surface area contributed by atoms with Crippen LogP contribution in [0, 0.1) is 0 Å². The highest BCUT2D eigenvalue weighted by Crippen LogP contribution is 2.26. The number of carboxylic acids is 1. The van der Waals surface area contributed by atoms with Gasteiger partial charge in [0.2, 0.25) is 0 Å². The van der Waals surface area contributed by atoms with Crippen LogP contribution in [0.4, 0.5) is 0 Å². The standard InChI is InChI=1S/C10H10Cl2N4O2/c11-6-1-2-7(8(12)5-6)9(10(17)18)14-3-4-15-16-13/h1-2,5,9,14H,3-4H2,(H,17,18). The van der Waals surface area contributed by atoms with Crippen molar-refractivity contribution in [3.05, 3.63) is 44.3 Å². The molecule has 0 fully saturated rings. The molecule has 6 nitrogen and oxygen atoms in total. The van der Waals surface area contributed by atoms with Gasteiger partial charge in [-0.1, -0.05) is 34.4 Å². The van der Waals surface area contributed by atoms with Gasteiger partial charge in [-0.3, -0.25) is 4.79 Å². The summed E-state index contributed by atoms with van der Waals surface area (Å²) in [6, 6.07) is 3.62. The molecule has 0 bridgehead atoms. The highest BCUT2D eigenvalue weighted by molar-refractivity contribution is 6.35. The van der Waals surface area contributed by atoms with E-state index in [1.165, 1.54) is 6.07 Å². The number of rotatable bonds is 6. The Balaban J connectivity index is 2.84. The van der Waals surface area contributed by atoms with Crippen LogP contribution in [0.2, 0.25) is 10.0 Å². The van der Waals surface area contributed by atoms with Crippen LogP contribution in [0.5, 0.6) is 0 Å². The zero-order valence-electron chi connectivity index (χ0n) is 9.18. The molecule has 0 aromatic heterocycles. The molecule has 0 heterocycles. The van der Waals surface area contributed by atoms with Crippen LogP contribution < -0.4 is 5.32 Å². The summed E-state index contributed by atoms with van der Waals surface area (Å²) in [4.78, 5) is 13.7. The number of nitrogens with zero attached hydrogens (tertiary/aromatic N) is 3. The third kappa shape index (κ3) is 4.09. The average molecular weight is 289 g/mol. The highest BCUT2D eigenvalue weighted by atomic mass is 35.5. The SMILES string of the molecule is [N-]=[N+]=NCCNC(C(=O)O)c1ccc(Cl)cc1Cl. The first-order chi connectivity index (χ1) is 8.56. The van der Waals surface area contributed by atoms with Crippen molar-refractivity contribution >= 4 is 29.2 Å². The minimum Gasteiger partial charge on any atom is -0.480 e. The topological polar surface area (TPSA) is 98.1 Å². The maximum atomic E-state index is 11.1. The lowest BCUT2D eigenvalue weighted by Crippen LogP contribution is -2.30. The minimum absolute atomic E-state index is 0.158. The van der Waals surface area contributed by atoms with Gasteiger partial charge in [0.15, 0.2) is 0 Å². The fraction of sp³-hybridized carbons (Fsp3) is 0.300. The van der Waals surface area contributed by atoms with Gasteiger partial charge in [0.05, 0.1) is 0 Å². The van der Waals surface area contributed by atoms with Gasteiger partial charge in [-0.2, -0.15) is 0 Å². The summed E-state index contributed by atoms with van der Waals surface area (Å²) in [5.41, 5.74) is 8.52. The molecule has 18 heavy (non-hydrogen) atoms. The minimum atomic E-state index is -1.07. The molecular formula is C10H10Cl2N4O2. The number of hydrogen-bond donors (Lipinski definition) is 2. The number of carbonyl (C=O) groups is 1. The molecule has 96 valence electrons. The summed E-state index contributed by atoms with van der Waals surface area (Å²) < 4.78 is 0. The lowest BCUT2D eigenvalue weighted by Gasteiger charge is -2.15. The summed E-state index contributed by atoms with van der Waals surface area (Å²) in [5, 5.41) is 15.9. The molecule has 0 spiro atoms. The van der Waals surface area contributed by atoms with Crippen LogP contribution in [0.25, 0.3) is 10.4 Å². The van der Waals surface area contributed by atoms with E-state index in [1.807, 2.05) is 0 Å². The molecule has 0 amide bonds. The Morgan fingerprint density at radius 1 is 1.56 bits per heavy atom. The molecule has 1 atom stereocenters. The van der Waals surface area contributed by atoms with Crippen molar-refractivity contribution in [1.82, 2.24) is 5.32 Å². The van der Waals surface area contributed by atoms with E-state index < -0.39 is 12.0 Å². The second kappa shape index (κ2) is 7.08. The molecule has 8 heteroatoms. The van der Waals surface area contributed by atoms with Crippen molar-refractivity contribution in [2.45, 2.75) is 6.04 Å². The molecule has 2 N–H and O–H groups in total. The summed E-state index contributed by atoms with van der Waals surface area (Å²) >= 11 is 11.7. The number of carboxylic acid groups (broad SMARTS) is 1. The quantitative estimate of drug-likeness (QED) is 0.364. The number of halogens is 2. The summed E-state index contributed by atoms with van der Waals surface area (Å²) in [6.07, 6.45) is 0. The first-order valence-corrected chi connectivity index (χ1v) is 5.74. The predicted molar refractivity (Wildman–Crippen MR) is 68.9 cm³/mol. The van der Waals surface area contributed by atoms with E-state index in [2.05, 4.69) is 15.3 Å². The Morgan fingerprint density at radius 3 is 2.83 bits per heavy atom. The normalized spacial score (nSPS) is 11.7. The Bertz CT molecular complexity index is 489. The van der Waals surface area contributed by atoms with E-state index in [0.29, 0.717) is 10.6 Å². The van der Waals surface area contributed by atoms with Crippen LogP contribution >= 0.6 is 23.2 Å². The van der Waals surface area contributed by atoms with Crippen molar-refractivity contribution in [3.63, 3.8) is 0 Å². The Hall–Kier alpha value is -1.46. The molecule has 0 aliphatic carbocycles. The zero-order chi connectivity index (χ0) is 13.5. The fourth-order valence-electron chi connectivity index (χ4n) is 1.37. The number of nitrogens with one attached hydrogen (secondary N) is 1. The van der Waals surface area contributed by atoms with Gasteiger partial charge in [-0.05, 0) is 23.2 Å². The maximum Gasteiger partial charge on any atom is 0.325 e. The van der Waals surface area contributed by atoms with Gasteiger partial charge in [0.25, 0.3) is 0 Å². The third-order valence-electron chi connectivity index (χ3n) is 2.14. The first kappa shape index (κ1) is 14.6. The number of hydrogen-bond acceptors (Lipinski definition) is 3. The molecule has 1 rings (SSSR count). The predicted octanol–water partition coefficient (Wildman–Crippen LogP) is 3.02. The van der Waals surface area contributed by atoms with Gasteiger partial charge in [-0.15, -0.1) is 0 Å². The van der Waals surface area contributed by atoms with E-state index in [9.17, 15) is 4.79 Å². The molecule has 0 radical (unpaired) electrons. The molecule has 0 saturated heterocycles. The maximum absolute atomic E-state index is 11.1. The van der Waals surface area contributed by atoms with Gasteiger partial charge >= 0.3 is 5.97 Å². The monoisotopic (exact) mass is 288 g/mol.